The topological polar surface area (TPSA) is 54.9 Å². The van der Waals surface area contributed by atoms with E-state index in [-0.39, 0.29) is 0 Å². The van der Waals surface area contributed by atoms with Crippen molar-refractivity contribution in [1.82, 2.24) is 10.6 Å². The van der Waals surface area contributed by atoms with Gasteiger partial charge in [0.2, 0.25) is 0 Å². The molecule has 1 atom stereocenters. The van der Waals surface area contributed by atoms with E-state index in [0.717, 1.165) is 64.7 Å². The van der Waals surface area contributed by atoms with Gasteiger partial charge in [0.1, 0.15) is 0 Å². The molecule has 1 aliphatic carbocycles. The predicted molar refractivity (Wildman–Crippen MR) is 106 cm³/mol. The fourth-order valence-corrected chi connectivity index (χ4v) is 3.36. The zero-order valence-electron chi connectivity index (χ0n) is 16.0. The van der Waals surface area contributed by atoms with E-state index >= 15 is 0 Å². The van der Waals surface area contributed by atoms with Gasteiger partial charge in [-0.25, -0.2) is 0 Å². The van der Waals surface area contributed by atoms with Crippen LogP contribution < -0.4 is 10.6 Å². The minimum absolute atomic E-state index is 0.296. The highest BCUT2D eigenvalue weighted by molar-refractivity contribution is 5.79. The van der Waals surface area contributed by atoms with E-state index in [1.807, 2.05) is 0 Å². The Morgan fingerprint density at radius 3 is 2.81 bits per heavy atom. The van der Waals surface area contributed by atoms with Crippen LogP contribution in [-0.4, -0.2) is 51.5 Å². The molecule has 1 aromatic rings. The van der Waals surface area contributed by atoms with Crippen molar-refractivity contribution >= 4 is 5.96 Å². The van der Waals surface area contributed by atoms with Gasteiger partial charge in [-0.05, 0) is 50.0 Å². The van der Waals surface area contributed by atoms with Crippen molar-refractivity contribution in [1.29, 1.82) is 0 Å². The molecule has 5 nitrogen and oxygen atoms in total. The molecule has 1 heterocycles. The molecule has 2 aliphatic rings. The summed E-state index contributed by atoms with van der Waals surface area (Å²) in [7, 11) is 0. The highest BCUT2D eigenvalue weighted by atomic mass is 16.5. The Kier molecular flexibility index (Phi) is 7.32. The third kappa shape index (κ3) is 6.29. The molecule has 144 valence electrons. The Morgan fingerprint density at radius 2 is 2.12 bits per heavy atom. The largest absolute Gasteiger partial charge is 0.379 e. The van der Waals surface area contributed by atoms with E-state index in [2.05, 4.69) is 47.9 Å². The van der Waals surface area contributed by atoms with Crippen LogP contribution >= 0.6 is 0 Å². The molecule has 1 unspecified atom stereocenters. The maximum Gasteiger partial charge on any atom is 0.191 e. The number of nitrogens with one attached hydrogen (secondary N) is 2. The first-order valence-electron chi connectivity index (χ1n) is 10.1. The molecular weight excluding hydrogens is 326 g/mol. The molecule has 0 radical (unpaired) electrons. The maximum atomic E-state index is 5.81. The van der Waals surface area contributed by atoms with Gasteiger partial charge < -0.3 is 20.1 Å². The summed E-state index contributed by atoms with van der Waals surface area (Å²) in [5, 5.41) is 6.79. The van der Waals surface area contributed by atoms with Crippen molar-refractivity contribution in [3.05, 3.63) is 35.9 Å². The predicted octanol–water partition coefficient (Wildman–Crippen LogP) is 2.76. The monoisotopic (exact) mass is 359 g/mol. The highest BCUT2D eigenvalue weighted by Crippen LogP contribution is 2.48. The number of nitrogens with zero attached hydrogens (tertiary/aromatic N) is 1. The van der Waals surface area contributed by atoms with Gasteiger partial charge in [0.05, 0.1) is 12.7 Å². The van der Waals surface area contributed by atoms with Gasteiger partial charge in [-0.15, -0.1) is 0 Å². The lowest BCUT2D eigenvalue weighted by Gasteiger charge is -2.16. The molecule has 2 N–H and O–H groups in total. The van der Waals surface area contributed by atoms with Crippen LogP contribution in [0.4, 0.5) is 0 Å². The van der Waals surface area contributed by atoms with Gasteiger partial charge in [-0.1, -0.05) is 30.3 Å². The number of hydrogen-bond acceptors (Lipinski definition) is 3. The molecule has 0 spiro atoms. The van der Waals surface area contributed by atoms with E-state index in [0.29, 0.717) is 11.5 Å². The van der Waals surface area contributed by atoms with Gasteiger partial charge in [-0.2, -0.15) is 0 Å². The second-order valence-electron chi connectivity index (χ2n) is 7.49. The van der Waals surface area contributed by atoms with Crippen LogP contribution in [0.3, 0.4) is 0 Å². The van der Waals surface area contributed by atoms with Crippen molar-refractivity contribution < 1.29 is 9.47 Å². The second kappa shape index (κ2) is 9.93. The van der Waals surface area contributed by atoms with Crippen molar-refractivity contribution in [3.63, 3.8) is 0 Å². The zero-order valence-corrected chi connectivity index (χ0v) is 16.0. The first kappa shape index (κ1) is 19.2. The summed E-state index contributed by atoms with van der Waals surface area (Å²) >= 11 is 0. The van der Waals surface area contributed by atoms with Crippen LogP contribution in [0.25, 0.3) is 0 Å². The lowest BCUT2D eigenvalue weighted by molar-refractivity contribution is 0.0420. The van der Waals surface area contributed by atoms with Crippen molar-refractivity contribution in [2.45, 2.75) is 45.1 Å². The number of aliphatic imine (C=N–C) groups is 1. The van der Waals surface area contributed by atoms with Gasteiger partial charge in [-0.3, -0.25) is 4.99 Å². The Hall–Kier alpha value is -1.59. The number of ether oxygens (including phenoxy) is 2. The number of rotatable bonds is 10. The molecule has 3 rings (SSSR count). The molecule has 1 saturated heterocycles. The molecule has 0 amide bonds. The van der Waals surface area contributed by atoms with Crippen molar-refractivity contribution in [2.75, 3.05) is 39.5 Å². The van der Waals surface area contributed by atoms with Crippen molar-refractivity contribution in [2.24, 2.45) is 10.4 Å². The third-order valence-corrected chi connectivity index (χ3v) is 5.15. The lowest BCUT2D eigenvalue weighted by Crippen LogP contribution is -2.38. The Balaban J connectivity index is 1.38. The molecule has 1 aliphatic heterocycles. The van der Waals surface area contributed by atoms with E-state index < -0.39 is 0 Å². The molecule has 0 aromatic heterocycles. The zero-order chi connectivity index (χ0) is 18.1. The van der Waals surface area contributed by atoms with Gasteiger partial charge >= 0.3 is 0 Å². The van der Waals surface area contributed by atoms with Crippen LogP contribution in [0, 0.1) is 5.41 Å². The minimum Gasteiger partial charge on any atom is -0.379 e. The maximum absolute atomic E-state index is 5.81. The minimum atomic E-state index is 0.296. The highest BCUT2D eigenvalue weighted by Gasteiger charge is 2.42. The number of benzene rings is 1. The summed E-state index contributed by atoms with van der Waals surface area (Å²) in [4.78, 5) is 4.85. The molecular formula is C21H33N3O2. The number of guanidine groups is 1. The summed E-state index contributed by atoms with van der Waals surface area (Å²) in [6, 6.07) is 10.8. The SMILES string of the molecule is CCNC(=NCC1(Cc2ccccc2)CC1)NCCCOC1CCOC1. The Morgan fingerprint density at radius 1 is 1.27 bits per heavy atom. The summed E-state index contributed by atoms with van der Waals surface area (Å²) in [5.41, 5.74) is 1.79. The fraction of sp³-hybridized carbons (Fsp3) is 0.667. The van der Waals surface area contributed by atoms with E-state index in [4.69, 9.17) is 14.5 Å². The van der Waals surface area contributed by atoms with Gasteiger partial charge in [0.25, 0.3) is 0 Å². The fourth-order valence-electron chi connectivity index (χ4n) is 3.36. The quantitative estimate of drug-likeness (QED) is 0.383. The second-order valence-corrected chi connectivity index (χ2v) is 7.49. The third-order valence-electron chi connectivity index (χ3n) is 5.15. The molecule has 1 aromatic carbocycles. The molecule has 1 saturated carbocycles. The summed E-state index contributed by atoms with van der Waals surface area (Å²) in [6.45, 7) is 7.13. The summed E-state index contributed by atoms with van der Waals surface area (Å²) < 4.78 is 11.1. The average Bonchev–Trinajstić information content (AvgIpc) is 3.21. The standard InChI is InChI=1S/C21H33N3O2/c1-2-22-20(23-12-6-13-26-19-9-14-25-16-19)24-17-21(10-11-21)15-18-7-4-3-5-8-18/h3-5,7-8,19H,2,6,9-17H2,1H3,(H2,22,23,24). The molecule has 2 fully saturated rings. The first-order valence-corrected chi connectivity index (χ1v) is 10.1. The van der Waals surface area contributed by atoms with E-state index in [1.54, 1.807) is 0 Å². The first-order chi connectivity index (χ1) is 12.8. The molecule has 26 heavy (non-hydrogen) atoms. The van der Waals surface area contributed by atoms with Crippen LogP contribution in [0.15, 0.2) is 35.3 Å². The van der Waals surface area contributed by atoms with E-state index in [1.165, 1.54) is 18.4 Å². The summed E-state index contributed by atoms with van der Waals surface area (Å²) in [5.74, 6) is 0.927. The van der Waals surface area contributed by atoms with E-state index in [9.17, 15) is 0 Å². The average molecular weight is 360 g/mol. The Bertz CT molecular complexity index is 552. The van der Waals surface area contributed by atoms with Crippen LogP contribution in [0.1, 0.15) is 38.2 Å². The van der Waals surface area contributed by atoms with Crippen LogP contribution in [0.5, 0.6) is 0 Å². The smallest absolute Gasteiger partial charge is 0.191 e. The van der Waals surface area contributed by atoms with Crippen LogP contribution in [-0.2, 0) is 15.9 Å². The molecule has 0 bridgehead atoms. The normalized spacial score (nSPS) is 21.6. The van der Waals surface area contributed by atoms with Crippen molar-refractivity contribution in [3.8, 4) is 0 Å². The number of hydrogen-bond donors (Lipinski definition) is 2. The van der Waals surface area contributed by atoms with Gasteiger partial charge in [0, 0.05) is 32.8 Å². The van der Waals surface area contributed by atoms with Crippen LogP contribution in [0.2, 0.25) is 0 Å². The summed E-state index contributed by atoms with van der Waals surface area (Å²) in [6.07, 6.45) is 6.00. The van der Waals surface area contributed by atoms with Gasteiger partial charge in [0.15, 0.2) is 5.96 Å². The molecule has 5 heteroatoms. The lowest BCUT2D eigenvalue weighted by atomic mass is 9.97. The Labute approximate surface area is 157 Å².